The third-order valence-corrected chi connectivity index (χ3v) is 4.25. The molecule has 0 spiro atoms. The Kier molecular flexibility index (Phi) is 4.34. The van der Waals surface area contributed by atoms with Crippen LogP contribution in [-0.2, 0) is 4.79 Å². The number of hydrogen-bond acceptors (Lipinski definition) is 8. The number of amides is 1. The summed E-state index contributed by atoms with van der Waals surface area (Å²) in [6, 6.07) is 0. The first kappa shape index (κ1) is 12.3. The molecule has 2 rings (SSSR count). The molecule has 2 N–H and O–H groups in total. The van der Waals surface area contributed by atoms with Crippen LogP contribution in [0.5, 0.6) is 0 Å². The average molecular weight is 288 g/mol. The molecule has 90 valence electrons. The predicted molar refractivity (Wildman–Crippen MR) is 67.4 cm³/mol. The number of aromatic nitrogens is 5. The van der Waals surface area contributed by atoms with Crippen molar-refractivity contribution in [1.29, 1.82) is 0 Å². The van der Waals surface area contributed by atoms with Gasteiger partial charge in [0.1, 0.15) is 6.33 Å². The van der Waals surface area contributed by atoms with E-state index in [2.05, 4.69) is 30.7 Å². The molecule has 0 unspecified atom stereocenters. The van der Waals surface area contributed by atoms with E-state index in [-0.39, 0.29) is 11.7 Å². The van der Waals surface area contributed by atoms with Gasteiger partial charge in [-0.1, -0.05) is 34.9 Å². The normalized spacial score (nSPS) is 10.4. The summed E-state index contributed by atoms with van der Waals surface area (Å²) in [6.07, 6.45) is 3.31. The Morgan fingerprint density at radius 3 is 3.12 bits per heavy atom. The first-order chi connectivity index (χ1) is 8.28. The van der Waals surface area contributed by atoms with Gasteiger partial charge in [-0.15, -0.1) is 10.2 Å². The van der Waals surface area contributed by atoms with Crippen LogP contribution in [-0.4, -0.2) is 43.3 Å². The number of aromatic amines is 1. The second-order valence-electron chi connectivity index (χ2n) is 2.70. The molecule has 0 atom stereocenters. The van der Waals surface area contributed by atoms with Crippen LogP contribution in [0.2, 0.25) is 0 Å². The summed E-state index contributed by atoms with van der Waals surface area (Å²) in [5.41, 5.74) is 0. The zero-order valence-corrected chi connectivity index (χ0v) is 11.2. The lowest BCUT2D eigenvalue weighted by Gasteiger charge is -1.98. The summed E-state index contributed by atoms with van der Waals surface area (Å²) in [7, 11) is 0. The molecule has 0 aromatic carbocycles. The van der Waals surface area contributed by atoms with Crippen LogP contribution >= 0.6 is 34.9 Å². The smallest absolute Gasteiger partial charge is 0.236 e. The van der Waals surface area contributed by atoms with Gasteiger partial charge in [0.05, 0.1) is 5.75 Å². The highest BCUT2D eigenvalue weighted by Crippen LogP contribution is 2.23. The van der Waals surface area contributed by atoms with Crippen LogP contribution in [0, 0.1) is 0 Å². The number of H-pyrrole nitrogens is 1. The zero-order valence-electron chi connectivity index (χ0n) is 8.71. The van der Waals surface area contributed by atoms with Gasteiger partial charge in [0.2, 0.25) is 11.0 Å². The van der Waals surface area contributed by atoms with Gasteiger partial charge < -0.3 is 0 Å². The van der Waals surface area contributed by atoms with Gasteiger partial charge in [-0.2, -0.15) is 5.10 Å². The molecule has 0 aliphatic heterocycles. The maximum atomic E-state index is 11.5. The van der Waals surface area contributed by atoms with Crippen molar-refractivity contribution in [3.63, 3.8) is 0 Å². The zero-order chi connectivity index (χ0) is 12.1. The number of thioether (sulfide) groups is 2. The van der Waals surface area contributed by atoms with E-state index in [0.29, 0.717) is 10.3 Å². The molecule has 0 fully saturated rings. The number of nitrogens with one attached hydrogen (secondary N) is 2. The van der Waals surface area contributed by atoms with Crippen LogP contribution in [0.25, 0.3) is 0 Å². The van der Waals surface area contributed by atoms with Crippen molar-refractivity contribution in [2.45, 2.75) is 9.50 Å². The molecule has 0 aliphatic carbocycles. The Morgan fingerprint density at radius 2 is 2.47 bits per heavy atom. The Bertz CT molecular complexity index is 484. The van der Waals surface area contributed by atoms with Crippen molar-refractivity contribution in [3.8, 4) is 0 Å². The first-order valence-electron chi connectivity index (χ1n) is 4.43. The average Bonchev–Trinajstić information content (AvgIpc) is 2.97. The van der Waals surface area contributed by atoms with Crippen LogP contribution < -0.4 is 5.32 Å². The molecular weight excluding hydrogens is 280 g/mol. The van der Waals surface area contributed by atoms with Gasteiger partial charge in [0.25, 0.3) is 0 Å². The number of anilines is 1. The monoisotopic (exact) mass is 288 g/mol. The van der Waals surface area contributed by atoms with E-state index < -0.39 is 0 Å². The molecule has 17 heavy (non-hydrogen) atoms. The summed E-state index contributed by atoms with van der Waals surface area (Å²) in [5, 5.41) is 17.9. The predicted octanol–water partition coefficient (Wildman–Crippen LogP) is 1.11. The Labute approximate surface area is 109 Å². The van der Waals surface area contributed by atoms with E-state index >= 15 is 0 Å². The number of rotatable bonds is 5. The summed E-state index contributed by atoms with van der Waals surface area (Å²) < 4.78 is 0.822. The van der Waals surface area contributed by atoms with Gasteiger partial charge in [-0.3, -0.25) is 15.2 Å². The molecule has 0 radical (unpaired) electrons. The molecule has 2 aromatic heterocycles. The first-order valence-corrected chi connectivity index (χ1v) is 7.46. The molecule has 0 bridgehead atoms. The van der Waals surface area contributed by atoms with Crippen molar-refractivity contribution >= 4 is 45.9 Å². The third kappa shape index (κ3) is 3.68. The highest BCUT2D eigenvalue weighted by atomic mass is 32.2. The molecule has 10 heteroatoms. The van der Waals surface area contributed by atoms with Gasteiger partial charge >= 0.3 is 0 Å². The molecule has 0 saturated heterocycles. The van der Waals surface area contributed by atoms with Crippen LogP contribution in [0.1, 0.15) is 0 Å². The number of carbonyl (C=O) groups excluding carboxylic acids is 1. The fraction of sp³-hybridized carbons (Fsp3) is 0.286. The highest BCUT2D eigenvalue weighted by molar-refractivity contribution is 8.00. The summed E-state index contributed by atoms with van der Waals surface area (Å²) in [4.78, 5) is 15.4. The minimum absolute atomic E-state index is 0.143. The van der Waals surface area contributed by atoms with Gasteiger partial charge in [-0.05, 0) is 6.26 Å². The second kappa shape index (κ2) is 5.98. The lowest BCUT2D eigenvalue weighted by atomic mass is 10.7. The maximum Gasteiger partial charge on any atom is 0.236 e. The molecule has 0 aliphatic rings. The van der Waals surface area contributed by atoms with E-state index in [9.17, 15) is 4.79 Å². The Hall–Kier alpha value is -1.13. The van der Waals surface area contributed by atoms with Gasteiger partial charge in [0, 0.05) is 0 Å². The molecule has 2 aromatic rings. The van der Waals surface area contributed by atoms with E-state index in [0.717, 1.165) is 4.34 Å². The molecule has 7 nitrogen and oxygen atoms in total. The lowest BCUT2D eigenvalue weighted by molar-refractivity contribution is -0.113. The van der Waals surface area contributed by atoms with Crippen LogP contribution in [0.3, 0.4) is 0 Å². The second-order valence-corrected chi connectivity index (χ2v) is 5.70. The highest BCUT2D eigenvalue weighted by Gasteiger charge is 2.08. The van der Waals surface area contributed by atoms with E-state index in [1.54, 1.807) is 0 Å². The minimum atomic E-state index is -0.143. The lowest BCUT2D eigenvalue weighted by Crippen LogP contribution is -2.13. The fourth-order valence-electron chi connectivity index (χ4n) is 0.896. The van der Waals surface area contributed by atoms with Gasteiger partial charge in [0.15, 0.2) is 9.50 Å². The number of nitrogens with zero attached hydrogens (tertiary/aromatic N) is 4. The van der Waals surface area contributed by atoms with E-state index in [1.807, 2.05) is 6.26 Å². The molecule has 1 amide bonds. The fourth-order valence-corrected chi connectivity index (χ4v) is 2.66. The van der Waals surface area contributed by atoms with Crippen molar-refractivity contribution < 1.29 is 4.79 Å². The summed E-state index contributed by atoms with van der Waals surface area (Å²) in [6.45, 7) is 0. The number of hydrogen-bond donors (Lipinski definition) is 2. The topological polar surface area (TPSA) is 96.5 Å². The van der Waals surface area contributed by atoms with E-state index in [1.165, 1.54) is 41.2 Å². The van der Waals surface area contributed by atoms with Crippen molar-refractivity contribution in [2.24, 2.45) is 0 Å². The van der Waals surface area contributed by atoms with Gasteiger partial charge in [-0.25, -0.2) is 4.98 Å². The largest absolute Gasteiger partial charge is 0.300 e. The molecular formula is C7H8N6OS3. The van der Waals surface area contributed by atoms with E-state index in [4.69, 9.17) is 0 Å². The van der Waals surface area contributed by atoms with Crippen molar-refractivity contribution in [2.75, 3.05) is 17.3 Å². The SMILES string of the molecule is CSc1nnc(NC(=O)CSc2ncn[nH]2)s1. The molecule has 0 saturated carbocycles. The maximum absolute atomic E-state index is 11.5. The number of carbonyl (C=O) groups is 1. The van der Waals surface area contributed by atoms with Crippen LogP contribution in [0.4, 0.5) is 5.13 Å². The molecule has 2 heterocycles. The standard InChI is InChI=1S/C7H8N6OS3/c1-15-7-13-12-6(17-7)10-4(14)2-16-5-8-3-9-11-5/h3H,2H2,1H3,(H,8,9,11)(H,10,12,14). The summed E-state index contributed by atoms with van der Waals surface area (Å²) >= 11 is 4.12. The Morgan fingerprint density at radius 1 is 1.59 bits per heavy atom. The quantitative estimate of drug-likeness (QED) is 0.628. The summed E-state index contributed by atoms with van der Waals surface area (Å²) in [5.74, 6) is 0.110. The van der Waals surface area contributed by atoms with Crippen molar-refractivity contribution in [3.05, 3.63) is 6.33 Å². The third-order valence-electron chi connectivity index (χ3n) is 1.56. The Balaban J connectivity index is 1.81. The minimum Gasteiger partial charge on any atom is -0.300 e. The van der Waals surface area contributed by atoms with Crippen molar-refractivity contribution in [1.82, 2.24) is 25.4 Å². The van der Waals surface area contributed by atoms with Crippen LogP contribution in [0.15, 0.2) is 15.8 Å².